The van der Waals surface area contributed by atoms with Crippen molar-refractivity contribution in [2.45, 2.75) is 32.8 Å². The molecule has 22 heavy (non-hydrogen) atoms. The van der Waals surface area contributed by atoms with Gasteiger partial charge in [0.05, 0.1) is 23.0 Å². The normalized spacial score (nSPS) is 17.6. The molecule has 0 N–H and O–H groups in total. The highest BCUT2D eigenvalue weighted by atomic mass is 16.6. The van der Waals surface area contributed by atoms with Crippen LogP contribution in [0.2, 0.25) is 0 Å². The molecule has 1 atom stereocenters. The van der Waals surface area contributed by atoms with Crippen molar-refractivity contribution in [3.8, 4) is 5.69 Å². The van der Waals surface area contributed by atoms with E-state index in [9.17, 15) is 4.79 Å². The van der Waals surface area contributed by atoms with Crippen molar-refractivity contribution in [1.29, 1.82) is 0 Å². The molecule has 0 radical (unpaired) electrons. The second-order valence-corrected chi connectivity index (χ2v) is 5.62. The average Bonchev–Trinajstić information content (AvgIpc) is 3.14. The number of carbonyl (C=O) groups excluding carboxylic acids is 1. The monoisotopic (exact) mass is 300 g/mol. The van der Waals surface area contributed by atoms with Gasteiger partial charge in [0.25, 0.3) is 0 Å². The topological polar surface area (TPSA) is 53.4 Å². The summed E-state index contributed by atoms with van der Waals surface area (Å²) in [5.74, 6) is -0.310. The van der Waals surface area contributed by atoms with Crippen LogP contribution >= 0.6 is 0 Å². The fourth-order valence-electron chi connectivity index (χ4n) is 2.66. The summed E-state index contributed by atoms with van der Waals surface area (Å²) in [6.45, 7) is 5.06. The van der Waals surface area contributed by atoms with Gasteiger partial charge in [-0.25, -0.2) is 9.48 Å². The second-order valence-electron chi connectivity index (χ2n) is 5.62. The summed E-state index contributed by atoms with van der Waals surface area (Å²) in [5, 5.41) is 4.43. The molecule has 116 valence electrons. The summed E-state index contributed by atoms with van der Waals surface area (Å²) in [5.41, 5.74) is 3.51. The van der Waals surface area contributed by atoms with Gasteiger partial charge in [-0.2, -0.15) is 5.10 Å². The first-order valence-corrected chi connectivity index (χ1v) is 7.56. The van der Waals surface area contributed by atoms with Gasteiger partial charge in [0.2, 0.25) is 0 Å². The highest BCUT2D eigenvalue weighted by Gasteiger charge is 2.18. The Morgan fingerprint density at radius 2 is 2.14 bits per heavy atom. The molecule has 0 spiro atoms. The molecule has 1 saturated heterocycles. The first kappa shape index (κ1) is 14.8. The number of carbonyl (C=O) groups is 1. The van der Waals surface area contributed by atoms with E-state index in [-0.39, 0.29) is 12.1 Å². The first-order chi connectivity index (χ1) is 10.6. The largest absolute Gasteiger partial charge is 0.459 e. The molecule has 1 aromatic carbocycles. The van der Waals surface area contributed by atoms with Crippen molar-refractivity contribution in [3.63, 3.8) is 0 Å². The van der Waals surface area contributed by atoms with Gasteiger partial charge in [0.1, 0.15) is 6.61 Å². The van der Waals surface area contributed by atoms with Crippen molar-refractivity contribution in [3.05, 3.63) is 47.3 Å². The van der Waals surface area contributed by atoms with E-state index >= 15 is 0 Å². The maximum atomic E-state index is 12.0. The Hall–Kier alpha value is -2.14. The Balaban J connectivity index is 1.65. The van der Waals surface area contributed by atoms with Crippen molar-refractivity contribution in [2.24, 2.45) is 0 Å². The van der Waals surface area contributed by atoms with Crippen LogP contribution in [0.3, 0.4) is 0 Å². The van der Waals surface area contributed by atoms with E-state index in [0.717, 1.165) is 36.5 Å². The van der Waals surface area contributed by atoms with Gasteiger partial charge in [0, 0.05) is 12.3 Å². The molecule has 5 nitrogen and oxygen atoms in total. The van der Waals surface area contributed by atoms with Gasteiger partial charge in [-0.15, -0.1) is 0 Å². The van der Waals surface area contributed by atoms with Crippen LogP contribution in [0.5, 0.6) is 0 Å². The molecule has 3 rings (SSSR count). The molecule has 1 aliphatic heterocycles. The predicted molar refractivity (Wildman–Crippen MR) is 82.3 cm³/mol. The third-order valence-electron chi connectivity index (χ3n) is 3.78. The summed E-state index contributed by atoms with van der Waals surface area (Å²) in [6, 6.07) is 9.31. The number of esters is 1. The lowest BCUT2D eigenvalue weighted by Gasteiger charge is -2.10. The van der Waals surface area contributed by atoms with Crippen LogP contribution in [0.15, 0.2) is 30.3 Å². The number of hydrogen-bond acceptors (Lipinski definition) is 4. The van der Waals surface area contributed by atoms with Gasteiger partial charge < -0.3 is 9.47 Å². The Bertz CT molecular complexity index is 655. The summed E-state index contributed by atoms with van der Waals surface area (Å²) >= 11 is 0. The molecule has 0 aliphatic carbocycles. The Labute approximate surface area is 129 Å². The Kier molecular flexibility index (Phi) is 4.24. The minimum atomic E-state index is -0.310. The molecule has 1 aromatic heterocycles. The number of ether oxygens (including phenoxy) is 2. The minimum Gasteiger partial charge on any atom is -0.459 e. The lowest BCUT2D eigenvalue weighted by Crippen LogP contribution is -2.17. The molecule has 1 fully saturated rings. The lowest BCUT2D eigenvalue weighted by atomic mass is 10.2. The van der Waals surface area contributed by atoms with Gasteiger partial charge in [-0.3, -0.25) is 0 Å². The van der Waals surface area contributed by atoms with Gasteiger partial charge in [-0.05, 0) is 57.0 Å². The van der Waals surface area contributed by atoms with E-state index < -0.39 is 0 Å². The minimum absolute atomic E-state index is 0.0536. The number of aryl methyl sites for hydroxylation is 2. The van der Waals surface area contributed by atoms with Crippen LogP contribution < -0.4 is 0 Å². The highest BCUT2D eigenvalue weighted by molar-refractivity contribution is 5.89. The van der Waals surface area contributed by atoms with Crippen molar-refractivity contribution < 1.29 is 14.3 Å². The maximum absolute atomic E-state index is 12.0. The van der Waals surface area contributed by atoms with Crippen molar-refractivity contribution >= 4 is 5.97 Å². The van der Waals surface area contributed by atoms with Crippen LogP contribution in [0.4, 0.5) is 0 Å². The summed E-state index contributed by atoms with van der Waals surface area (Å²) in [4.78, 5) is 12.0. The molecule has 5 heteroatoms. The summed E-state index contributed by atoms with van der Waals surface area (Å²) in [6.07, 6.45) is 2.06. The van der Waals surface area contributed by atoms with Gasteiger partial charge in [0.15, 0.2) is 0 Å². The van der Waals surface area contributed by atoms with Crippen LogP contribution in [0.1, 0.15) is 34.6 Å². The molecular weight excluding hydrogens is 280 g/mol. The Morgan fingerprint density at radius 3 is 2.73 bits per heavy atom. The molecule has 2 heterocycles. The van der Waals surface area contributed by atoms with Crippen LogP contribution in [0, 0.1) is 13.8 Å². The standard InChI is InChI=1S/C17H20N2O3/c1-12-10-13(2)19(18-12)15-7-5-14(6-8-15)17(20)22-11-16-4-3-9-21-16/h5-8,10,16H,3-4,9,11H2,1-2H3. The van der Waals surface area contributed by atoms with E-state index in [0.29, 0.717) is 12.2 Å². The van der Waals surface area contributed by atoms with Crippen molar-refractivity contribution in [1.82, 2.24) is 9.78 Å². The van der Waals surface area contributed by atoms with Crippen molar-refractivity contribution in [2.75, 3.05) is 13.2 Å². The van der Waals surface area contributed by atoms with Gasteiger partial charge >= 0.3 is 5.97 Å². The summed E-state index contributed by atoms with van der Waals surface area (Å²) < 4.78 is 12.6. The van der Waals surface area contributed by atoms with Crippen LogP contribution in [-0.4, -0.2) is 35.1 Å². The van der Waals surface area contributed by atoms with E-state index in [1.807, 2.05) is 36.7 Å². The van der Waals surface area contributed by atoms with E-state index in [2.05, 4.69) is 5.10 Å². The van der Waals surface area contributed by atoms with E-state index in [1.165, 1.54) is 0 Å². The molecule has 0 saturated carbocycles. The number of rotatable bonds is 4. The van der Waals surface area contributed by atoms with Gasteiger partial charge in [-0.1, -0.05) is 0 Å². The molecular formula is C17H20N2O3. The highest BCUT2D eigenvalue weighted by Crippen LogP contribution is 2.15. The zero-order valence-electron chi connectivity index (χ0n) is 12.9. The molecule has 0 bridgehead atoms. The average molecular weight is 300 g/mol. The predicted octanol–water partition coefficient (Wildman–Crippen LogP) is 2.82. The fraction of sp³-hybridized carbons (Fsp3) is 0.412. The van der Waals surface area contributed by atoms with Crippen LogP contribution in [-0.2, 0) is 9.47 Å². The molecule has 1 aliphatic rings. The Morgan fingerprint density at radius 1 is 1.36 bits per heavy atom. The molecule has 2 aromatic rings. The zero-order chi connectivity index (χ0) is 15.5. The quantitative estimate of drug-likeness (QED) is 0.815. The molecule has 1 unspecified atom stereocenters. The zero-order valence-corrected chi connectivity index (χ0v) is 12.9. The smallest absolute Gasteiger partial charge is 0.338 e. The second kappa shape index (κ2) is 6.32. The first-order valence-electron chi connectivity index (χ1n) is 7.56. The summed E-state index contributed by atoms with van der Waals surface area (Å²) in [7, 11) is 0. The molecule has 0 amide bonds. The number of nitrogens with zero attached hydrogens (tertiary/aromatic N) is 2. The third-order valence-corrected chi connectivity index (χ3v) is 3.78. The maximum Gasteiger partial charge on any atom is 0.338 e. The SMILES string of the molecule is Cc1cc(C)n(-c2ccc(C(=O)OCC3CCCO3)cc2)n1. The number of benzene rings is 1. The number of aromatic nitrogens is 2. The fourth-order valence-corrected chi connectivity index (χ4v) is 2.66. The van der Waals surface area contributed by atoms with E-state index in [1.54, 1.807) is 12.1 Å². The number of hydrogen-bond donors (Lipinski definition) is 0. The van der Waals surface area contributed by atoms with Crippen LogP contribution in [0.25, 0.3) is 5.69 Å². The third kappa shape index (κ3) is 3.20. The lowest BCUT2D eigenvalue weighted by molar-refractivity contribution is 0.0161. The van der Waals surface area contributed by atoms with E-state index in [4.69, 9.17) is 9.47 Å².